The summed E-state index contributed by atoms with van der Waals surface area (Å²) in [5.41, 5.74) is 0.347. The Morgan fingerprint density at radius 3 is 2.21 bits per heavy atom. The maximum absolute atomic E-state index is 13.0. The predicted molar refractivity (Wildman–Crippen MR) is 92.6 cm³/mol. The summed E-state index contributed by atoms with van der Waals surface area (Å²) in [5.74, 6) is -1.22. The van der Waals surface area contributed by atoms with Gasteiger partial charge < -0.3 is 5.11 Å². The highest BCUT2D eigenvalue weighted by atomic mass is 32.2. The molecule has 0 radical (unpaired) electrons. The van der Waals surface area contributed by atoms with Crippen LogP contribution in [0, 0.1) is 0 Å². The molecule has 5 nitrogen and oxygen atoms in total. The van der Waals surface area contributed by atoms with Crippen molar-refractivity contribution in [2.24, 2.45) is 0 Å². The summed E-state index contributed by atoms with van der Waals surface area (Å²) in [7, 11) is -3.99. The zero-order valence-electron chi connectivity index (χ0n) is 12.7. The van der Waals surface area contributed by atoms with Crippen molar-refractivity contribution in [3.8, 4) is 0 Å². The normalized spacial score (nSPS) is 11.3. The van der Waals surface area contributed by atoms with E-state index in [0.717, 1.165) is 9.69 Å². The number of sulfonamides is 1. The number of benzene rings is 3. The van der Waals surface area contributed by atoms with Crippen molar-refractivity contribution < 1.29 is 18.3 Å². The molecule has 3 aromatic rings. The zero-order chi connectivity index (χ0) is 17.2. The maximum atomic E-state index is 13.0. The topological polar surface area (TPSA) is 74.7 Å². The van der Waals surface area contributed by atoms with Crippen molar-refractivity contribution in [2.75, 3.05) is 10.8 Å². The first-order valence-electron chi connectivity index (χ1n) is 7.27. The van der Waals surface area contributed by atoms with Crippen molar-refractivity contribution in [3.05, 3.63) is 72.8 Å². The Morgan fingerprint density at radius 2 is 1.50 bits per heavy atom. The minimum Gasteiger partial charge on any atom is -0.480 e. The van der Waals surface area contributed by atoms with Crippen LogP contribution in [-0.4, -0.2) is 26.0 Å². The van der Waals surface area contributed by atoms with Crippen LogP contribution in [0.5, 0.6) is 0 Å². The van der Waals surface area contributed by atoms with Crippen molar-refractivity contribution in [1.29, 1.82) is 0 Å². The number of rotatable bonds is 5. The van der Waals surface area contributed by atoms with Gasteiger partial charge in [-0.25, -0.2) is 8.42 Å². The third kappa shape index (κ3) is 2.96. The number of hydrogen-bond donors (Lipinski definition) is 1. The van der Waals surface area contributed by atoms with E-state index < -0.39 is 22.5 Å². The van der Waals surface area contributed by atoms with Crippen molar-refractivity contribution in [2.45, 2.75) is 4.90 Å². The van der Waals surface area contributed by atoms with Gasteiger partial charge in [-0.05, 0) is 23.6 Å². The van der Waals surface area contributed by atoms with Gasteiger partial charge in [-0.3, -0.25) is 9.10 Å². The highest BCUT2D eigenvalue weighted by Crippen LogP contribution is 2.30. The van der Waals surface area contributed by atoms with Crippen LogP contribution in [0.4, 0.5) is 5.69 Å². The Morgan fingerprint density at radius 1 is 0.875 bits per heavy atom. The van der Waals surface area contributed by atoms with E-state index in [-0.39, 0.29) is 4.90 Å². The molecule has 0 aliphatic rings. The van der Waals surface area contributed by atoms with Crippen LogP contribution in [0.2, 0.25) is 0 Å². The minimum atomic E-state index is -3.99. The second-order valence-electron chi connectivity index (χ2n) is 5.22. The third-order valence-corrected chi connectivity index (χ3v) is 5.42. The monoisotopic (exact) mass is 341 g/mol. The first-order chi connectivity index (χ1) is 11.5. The number of carboxylic acids is 1. The van der Waals surface area contributed by atoms with Crippen LogP contribution in [0.3, 0.4) is 0 Å². The summed E-state index contributed by atoms with van der Waals surface area (Å²) in [6, 6.07) is 20.3. The van der Waals surface area contributed by atoms with Crippen molar-refractivity contribution in [3.63, 3.8) is 0 Å². The SMILES string of the molecule is O=C(O)CN(c1cccc2ccccc12)S(=O)(=O)c1ccccc1. The maximum Gasteiger partial charge on any atom is 0.324 e. The lowest BCUT2D eigenvalue weighted by Crippen LogP contribution is -2.35. The van der Waals surface area contributed by atoms with E-state index in [1.54, 1.807) is 42.5 Å². The summed E-state index contributed by atoms with van der Waals surface area (Å²) < 4.78 is 26.9. The minimum absolute atomic E-state index is 0.0548. The van der Waals surface area contributed by atoms with Gasteiger partial charge in [0.1, 0.15) is 6.54 Å². The summed E-state index contributed by atoms with van der Waals surface area (Å²) in [6.45, 7) is -0.648. The molecule has 6 heteroatoms. The third-order valence-electron chi connectivity index (χ3n) is 3.65. The molecule has 0 aromatic heterocycles. The smallest absolute Gasteiger partial charge is 0.324 e. The van der Waals surface area contributed by atoms with Crippen LogP contribution in [0.25, 0.3) is 10.8 Å². The Balaban J connectivity index is 2.22. The highest BCUT2D eigenvalue weighted by molar-refractivity contribution is 7.92. The molecule has 0 bridgehead atoms. The molecule has 0 aliphatic carbocycles. The van der Waals surface area contributed by atoms with E-state index in [1.807, 2.05) is 18.2 Å². The molecule has 24 heavy (non-hydrogen) atoms. The molecule has 3 rings (SSSR count). The van der Waals surface area contributed by atoms with Gasteiger partial charge >= 0.3 is 5.97 Å². The molecule has 0 aliphatic heterocycles. The van der Waals surface area contributed by atoms with Crippen LogP contribution in [0.15, 0.2) is 77.7 Å². The first kappa shape index (κ1) is 16.0. The highest BCUT2D eigenvalue weighted by Gasteiger charge is 2.28. The number of carboxylic acid groups (broad SMARTS) is 1. The molecule has 0 saturated heterocycles. The number of hydrogen-bond acceptors (Lipinski definition) is 3. The summed E-state index contributed by atoms with van der Waals surface area (Å²) in [6.07, 6.45) is 0. The Kier molecular flexibility index (Phi) is 4.22. The molecule has 0 heterocycles. The van der Waals surface area contributed by atoms with Gasteiger partial charge in [0.05, 0.1) is 10.6 Å². The van der Waals surface area contributed by atoms with E-state index in [2.05, 4.69) is 0 Å². The molecule has 0 fully saturated rings. The molecular formula is C18H15NO4S. The van der Waals surface area contributed by atoms with E-state index in [0.29, 0.717) is 11.1 Å². The number of anilines is 1. The lowest BCUT2D eigenvalue weighted by atomic mass is 10.1. The molecule has 0 saturated carbocycles. The average Bonchev–Trinajstić information content (AvgIpc) is 2.60. The number of carbonyl (C=O) groups is 1. The predicted octanol–water partition coefficient (Wildman–Crippen LogP) is 3.12. The first-order valence-corrected chi connectivity index (χ1v) is 8.71. The number of aliphatic carboxylic acids is 1. The Labute approximate surface area is 139 Å². The fraction of sp³-hybridized carbons (Fsp3) is 0.0556. The van der Waals surface area contributed by atoms with Crippen LogP contribution < -0.4 is 4.31 Å². The Hall–Kier alpha value is -2.86. The lowest BCUT2D eigenvalue weighted by Gasteiger charge is -2.24. The van der Waals surface area contributed by atoms with Gasteiger partial charge in [0, 0.05) is 5.39 Å². The molecular weight excluding hydrogens is 326 g/mol. The molecule has 0 amide bonds. The van der Waals surface area contributed by atoms with Crippen molar-refractivity contribution in [1.82, 2.24) is 0 Å². The molecule has 122 valence electrons. The molecule has 0 unspecified atom stereocenters. The van der Waals surface area contributed by atoms with Gasteiger partial charge in [0.25, 0.3) is 10.0 Å². The quantitative estimate of drug-likeness (QED) is 0.774. The van der Waals surface area contributed by atoms with E-state index in [9.17, 15) is 18.3 Å². The van der Waals surface area contributed by atoms with Crippen LogP contribution in [-0.2, 0) is 14.8 Å². The fourth-order valence-corrected chi connectivity index (χ4v) is 4.02. The average molecular weight is 341 g/mol. The summed E-state index contributed by atoms with van der Waals surface area (Å²) >= 11 is 0. The van der Waals surface area contributed by atoms with Gasteiger partial charge in [-0.2, -0.15) is 0 Å². The summed E-state index contributed by atoms with van der Waals surface area (Å²) in [4.78, 5) is 11.3. The number of fused-ring (bicyclic) bond motifs is 1. The van der Waals surface area contributed by atoms with E-state index in [4.69, 9.17) is 0 Å². The summed E-state index contributed by atoms with van der Waals surface area (Å²) in [5, 5.41) is 10.7. The van der Waals surface area contributed by atoms with Gasteiger partial charge in [-0.1, -0.05) is 54.6 Å². The zero-order valence-corrected chi connectivity index (χ0v) is 13.5. The second-order valence-corrected chi connectivity index (χ2v) is 7.08. The lowest BCUT2D eigenvalue weighted by molar-refractivity contribution is -0.135. The molecule has 0 atom stereocenters. The van der Waals surface area contributed by atoms with Gasteiger partial charge in [0.15, 0.2) is 0 Å². The molecule has 0 spiro atoms. The van der Waals surface area contributed by atoms with Gasteiger partial charge in [0.2, 0.25) is 0 Å². The molecule has 3 aromatic carbocycles. The van der Waals surface area contributed by atoms with Crippen LogP contribution in [0.1, 0.15) is 0 Å². The van der Waals surface area contributed by atoms with E-state index >= 15 is 0 Å². The van der Waals surface area contributed by atoms with E-state index in [1.165, 1.54) is 12.1 Å². The standard InChI is InChI=1S/C18H15NO4S/c20-18(21)13-19(24(22,23)15-9-2-1-3-10-15)17-12-6-8-14-7-4-5-11-16(14)17/h1-12H,13H2,(H,20,21). The van der Waals surface area contributed by atoms with Crippen LogP contribution >= 0.6 is 0 Å². The number of nitrogens with zero attached hydrogens (tertiary/aromatic N) is 1. The van der Waals surface area contributed by atoms with Crippen molar-refractivity contribution >= 4 is 32.5 Å². The fourth-order valence-electron chi connectivity index (χ4n) is 2.57. The second kappa shape index (κ2) is 6.33. The van der Waals surface area contributed by atoms with Gasteiger partial charge in [-0.15, -0.1) is 0 Å². The Bertz CT molecular complexity index is 979. The largest absolute Gasteiger partial charge is 0.480 e. The molecule has 1 N–H and O–H groups in total.